The van der Waals surface area contributed by atoms with Crippen molar-refractivity contribution in [3.63, 3.8) is 0 Å². The normalized spacial score (nSPS) is 11.3. The van der Waals surface area contributed by atoms with E-state index in [2.05, 4.69) is 0 Å². The summed E-state index contributed by atoms with van der Waals surface area (Å²) in [7, 11) is -0.389. The van der Waals surface area contributed by atoms with Gasteiger partial charge in [-0.1, -0.05) is 0 Å². The fraction of sp³-hybridized carbons (Fsp3) is 0.455. The summed E-state index contributed by atoms with van der Waals surface area (Å²) in [5.41, 5.74) is 5.91. The van der Waals surface area contributed by atoms with Gasteiger partial charge in [-0.05, 0) is 18.6 Å². The van der Waals surface area contributed by atoms with E-state index in [1.807, 2.05) is 0 Å². The van der Waals surface area contributed by atoms with E-state index in [4.69, 9.17) is 15.2 Å². The van der Waals surface area contributed by atoms with Crippen LogP contribution >= 0.6 is 0 Å². The first-order valence-corrected chi connectivity index (χ1v) is 6.77. The molecule has 96 valence electrons. The van der Waals surface area contributed by atoms with Gasteiger partial charge in [-0.3, -0.25) is 0 Å². The third-order valence-corrected chi connectivity index (χ3v) is 4.29. The first-order valence-electron chi connectivity index (χ1n) is 5.11. The lowest BCUT2D eigenvalue weighted by atomic mass is 10.2. The maximum atomic E-state index is 11.9. The second-order valence-corrected chi connectivity index (χ2v) is 5.66. The van der Waals surface area contributed by atoms with E-state index in [1.165, 1.54) is 20.3 Å². The van der Waals surface area contributed by atoms with Crippen LogP contribution in [0.4, 0.5) is 0 Å². The van der Waals surface area contributed by atoms with Gasteiger partial charge in [-0.25, -0.2) is 8.42 Å². The Morgan fingerprint density at radius 1 is 1.18 bits per heavy atom. The largest absolute Gasteiger partial charge is 0.493 e. The van der Waals surface area contributed by atoms with E-state index in [1.54, 1.807) is 13.0 Å². The van der Waals surface area contributed by atoms with E-state index in [-0.39, 0.29) is 17.2 Å². The molecule has 0 spiro atoms. The summed E-state index contributed by atoms with van der Waals surface area (Å²) in [5.74, 6) is 0.828. The topological polar surface area (TPSA) is 78.6 Å². The van der Waals surface area contributed by atoms with Gasteiger partial charge in [0.2, 0.25) is 0 Å². The molecule has 17 heavy (non-hydrogen) atoms. The SMILES string of the molecule is COc1cc(C)c(S(=O)(=O)CCN)cc1OC. The molecule has 0 aliphatic carbocycles. The number of methoxy groups -OCH3 is 2. The van der Waals surface area contributed by atoms with Crippen LogP contribution in [0.15, 0.2) is 17.0 Å². The van der Waals surface area contributed by atoms with Crippen LogP contribution in [0.3, 0.4) is 0 Å². The van der Waals surface area contributed by atoms with Gasteiger partial charge in [-0.2, -0.15) is 0 Å². The lowest BCUT2D eigenvalue weighted by Gasteiger charge is -2.12. The van der Waals surface area contributed by atoms with Crippen LogP contribution in [0, 0.1) is 6.92 Å². The Morgan fingerprint density at radius 3 is 2.18 bits per heavy atom. The zero-order valence-corrected chi connectivity index (χ0v) is 11.0. The molecule has 0 saturated carbocycles. The Bertz CT molecular complexity index is 496. The molecule has 0 amide bonds. The molecule has 5 nitrogen and oxygen atoms in total. The average Bonchev–Trinajstić information content (AvgIpc) is 2.28. The lowest BCUT2D eigenvalue weighted by Crippen LogP contribution is -2.16. The molecular weight excluding hydrogens is 242 g/mol. The fourth-order valence-electron chi connectivity index (χ4n) is 1.56. The highest BCUT2D eigenvalue weighted by molar-refractivity contribution is 7.91. The first-order chi connectivity index (χ1) is 7.96. The van der Waals surface area contributed by atoms with Crippen LogP contribution in [-0.2, 0) is 9.84 Å². The van der Waals surface area contributed by atoms with Gasteiger partial charge in [0.05, 0.1) is 24.9 Å². The van der Waals surface area contributed by atoms with Crippen molar-refractivity contribution in [3.05, 3.63) is 17.7 Å². The van der Waals surface area contributed by atoms with Gasteiger partial charge in [0.25, 0.3) is 0 Å². The summed E-state index contributed by atoms with van der Waals surface area (Å²) in [5, 5.41) is 0. The van der Waals surface area contributed by atoms with Gasteiger partial charge in [0.15, 0.2) is 21.3 Å². The third-order valence-electron chi connectivity index (χ3n) is 2.40. The number of benzene rings is 1. The summed E-state index contributed by atoms with van der Waals surface area (Å²) in [6, 6.07) is 3.11. The number of ether oxygens (including phenoxy) is 2. The van der Waals surface area contributed by atoms with E-state index in [0.29, 0.717) is 17.1 Å². The molecule has 0 saturated heterocycles. The summed E-state index contributed by atoms with van der Waals surface area (Å²) >= 11 is 0. The zero-order chi connectivity index (χ0) is 13.1. The minimum atomic E-state index is -3.36. The molecule has 0 aliphatic rings. The highest BCUT2D eigenvalue weighted by Crippen LogP contribution is 2.32. The molecule has 0 radical (unpaired) electrons. The van der Waals surface area contributed by atoms with Crippen molar-refractivity contribution in [2.75, 3.05) is 26.5 Å². The Labute approximate surface area is 101 Å². The molecule has 2 N–H and O–H groups in total. The Balaban J connectivity index is 3.36. The van der Waals surface area contributed by atoms with Crippen molar-refractivity contribution in [1.82, 2.24) is 0 Å². The number of hydrogen-bond acceptors (Lipinski definition) is 5. The van der Waals surface area contributed by atoms with Crippen LogP contribution in [0.2, 0.25) is 0 Å². The van der Waals surface area contributed by atoms with Crippen molar-refractivity contribution in [2.24, 2.45) is 5.73 Å². The number of hydrogen-bond donors (Lipinski definition) is 1. The minimum Gasteiger partial charge on any atom is -0.493 e. The number of aryl methyl sites for hydroxylation is 1. The first kappa shape index (κ1) is 13.8. The summed E-state index contributed by atoms with van der Waals surface area (Å²) in [6.07, 6.45) is 0. The molecule has 6 heteroatoms. The van der Waals surface area contributed by atoms with E-state index in [9.17, 15) is 8.42 Å². The van der Waals surface area contributed by atoms with Crippen LogP contribution in [0.1, 0.15) is 5.56 Å². The summed E-state index contributed by atoms with van der Waals surface area (Å²) < 4.78 is 34.1. The average molecular weight is 259 g/mol. The molecule has 0 fully saturated rings. The standard InChI is InChI=1S/C11H17NO4S/c1-8-6-9(15-2)10(16-3)7-11(8)17(13,14)5-4-12/h6-7H,4-5,12H2,1-3H3. The molecule has 0 atom stereocenters. The zero-order valence-electron chi connectivity index (χ0n) is 10.2. The van der Waals surface area contributed by atoms with Gasteiger partial charge in [0.1, 0.15) is 0 Å². The van der Waals surface area contributed by atoms with Crippen LogP contribution in [-0.4, -0.2) is 34.9 Å². The molecule has 0 unspecified atom stereocenters. The molecule has 1 aromatic carbocycles. The molecule has 1 aromatic rings. The smallest absolute Gasteiger partial charge is 0.180 e. The fourth-order valence-corrected chi connectivity index (χ4v) is 2.93. The number of sulfone groups is 1. The second-order valence-electron chi connectivity index (χ2n) is 3.58. The quantitative estimate of drug-likeness (QED) is 0.844. The van der Waals surface area contributed by atoms with Gasteiger partial charge >= 0.3 is 0 Å². The number of nitrogens with two attached hydrogens (primary N) is 1. The Morgan fingerprint density at radius 2 is 1.71 bits per heavy atom. The van der Waals surface area contributed by atoms with Crippen LogP contribution in [0.25, 0.3) is 0 Å². The highest BCUT2D eigenvalue weighted by atomic mass is 32.2. The maximum absolute atomic E-state index is 11.9. The van der Waals surface area contributed by atoms with Crippen LogP contribution < -0.4 is 15.2 Å². The second kappa shape index (κ2) is 5.37. The van der Waals surface area contributed by atoms with Crippen molar-refractivity contribution < 1.29 is 17.9 Å². The van der Waals surface area contributed by atoms with E-state index in [0.717, 1.165) is 0 Å². The van der Waals surface area contributed by atoms with Crippen molar-refractivity contribution in [3.8, 4) is 11.5 Å². The summed E-state index contributed by atoms with van der Waals surface area (Å²) in [6.45, 7) is 1.81. The predicted molar refractivity (Wildman–Crippen MR) is 65.4 cm³/mol. The van der Waals surface area contributed by atoms with Gasteiger partial charge in [-0.15, -0.1) is 0 Å². The molecule has 0 aromatic heterocycles. The van der Waals surface area contributed by atoms with Crippen molar-refractivity contribution in [2.45, 2.75) is 11.8 Å². The summed E-state index contributed by atoms with van der Waals surface area (Å²) in [4.78, 5) is 0.237. The molecule has 0 aliphatic heterocycles. The van der Waals surface area contributed by atoms with Gasteiger partial charge in [0, 0.05) is 12.6 Å². The third kappa shape index (κ3) is 2.89. The molecule has 1 rings (SSSR count). The van der Waals surface area contributed by atoms with E-state index >= 15 is 0 Å². The van der Waals surface area contributed by atoms with Crippen LogP contribution in [0.5, 0.6) is 11.5 Å². The molecular formula is C11H17NO4S. The molecule has 0 bridgehead atoms. The predicted octanol–water partition coefficient (Wildman–Crippen LogP) is 0.745. The minimum absolute atomic E-state index is 0.0800. The Kier molecular flexibility index (Phi) is 4.36. The number of rotatable bonds is 5. The molecule has 0 heterocycles. The van der Waals surface area contributed by atoms with Crippen molar-refractivity contribution in [1.29, 1.82) is 0 Å². The lowest BCUT2D eigenvalue weighted by molar-refractivity contribution is 0.353. The van der Waals surface area contributed by atoms with Gasteiger partial charge < -0.3 is 15.2 Å². The highest BCUT2D eigenvalue weighted by Gasteiger charge is 2.19. The van der Waals surface area contributed by atoms with E-state index < -0.39 is 9.84 Å². The Hall–Kier alpha value is -1.27. The monoisotopic (exact) mass is 259 g/mol. The maximum Gasteiger partial charge on any atom is 0.180 e. The van der Waals surface area contributed by atoms with Crippen molar-refractivity contribution >= 4 is 9.84 Å².